The van der Waals surface area contributed by atoms with E-state index in [1.807, 2.05) is 38.1 Å². The Balaban J connectivity index is 1.81. The second kappa shape index (κ2) is 14.8. The van der Waals surface area contributed by atoms with E-state index in [1.54, 1.807) is 6.20 Å². The zero-order valence-corrected chi connectivity index (χ0v) is 23.6. The third-order valence-corrected chi connectivity index (χ3v) is 6.70. The van der Waals surface area contributed by atoms with Gasteiger partial charge in [-0.05, 0) is 30.4 Å². The second-order valence-electron chi connectivity index (χ2n) is 10.6. The van der Waals surface area contributed by atoms with Crippen molar-refractivity contribution < 1.29 is 29.1 Å². The number of aromatic nitrogens is 3. The molecule has 10 N–H and O–H groups in total. The van der Waals surface area contributed by atoms with Gasteiger partial charge in [-0.1, -0.05) is 32.0 Å². The Morgan fingerprint density at radius 1 is 0.929 bits per heavy atom. The number of hydrogen-bond acceptors (Lipinski definition) is 7. The summed E-state index contributed by atoms with van der Waals surface area (Å²) in [6, 6.07) is 2.86. The van der Waals surface area contributed by atoms with Crippen LogP contribution in [0.25, 0.3) is 10.9 Å². The molecule has 4 atom stereocenters. The molecule has 2 heterocycles. The van der Waals surface area contributed by atoms with Gasteiger partial charge in [-0.2, -0.15) is 0 Å². The lowest BCUT2D eigenvalue weighted by molar-refractivity contribution is -0.142. The largest absolute Gasteiger partial charge is 0.480 e. The minimum atomic E-state index is -1.27. The Bertz CT molecular complexity index is 1390. The van der Waals surface area contributed by atoms with E-state index in [4.69, 9.17) is 11.5 Å². The summed E-state index contributed by atoms with van der Waals surface area (Å²) in [6.07, 6.45) is 4.72. The molecular weight excluding hydrogens is 544 g/mol. The second-order valence-corrected chi connectivity index (χ2v) is 10.6. The zero-order valence-electron chi connectivity index (χ0n) is 23.6. The molecule has 4 amide bonds. The van der Waals surface area contributed by atoms with Gasteiger partial charge >= 0.3 is 5.97 Å². The molecule has 0 saturated carbocycles. The number of amides is 4. The number of imidazole rings is 1. The lowest BCUT2D eigenvalue weighted by Crippen LogP contribution is -2.58. The maximum atomic E-state index is 13.6. The molecular formula is C28H38N8O6. The van der Waals surface area contributed by atoms with Gasteiger partial charge in [0.05, 0.1) is 12.4 Å². The molecule has 2 aromatic heterocycles. The lowest BCUT2D eigenvalue weighted by Gasteiger charge is -2.26. The molecule has 0 spiro atoms. The van der Waals surface area contributed by atoms with Crippen LogP contribution >= 0.6 is 0 Å². The number of hydrogen-bond donors (Lipinski definition) is 8. The Kier molecular flexibility index (Phi) is 11.2. The number of H-pyrrole nitrogens is 2. The Morgan fingerprint density at radius 3 is 2.24 bits per heavy atom. The highest BCUT2D eigenvalue weighted by Gasteiger charge is 2.31. The third kappa shape index (κ3) is 9.16. The van der Waals surface area contributed by atoms with Gasteiger partial charge in [0.1, 0.15) is 18.1 Å². The van der Waals surface area contributed by atoms with Crippen LogP contribution in [0.15, 0.2) is 43.0 Å². The van der Waals surface area contributed by atoms with E-state index in [2.05, 4.69) is 30.9 Å². The average molecular weight is 583 g/mol. The number of primary amides is 1. The van der Waals surface area contributed by atoms with E-state index in [0.29, 0.717) is 5.69 Å². The van der Waals surface area contributed by atoms with Gasteiger partial charge in [-0.15, -0.1) is 0 Å². The topological polar surface area (TPSA) is 238 Å². The van der Waals surface area contributed by atoms with Gasteiger partial charge in [0.2, 0.25) is 23.6 Å². The van der Waals surface area contributed by atoms with Crippen molar-refractivity contribution in [1.29, 1.82) is 0 Å². The monoisotopic (exact) mass is 582 g/mol. The SMILES string of the molecule is CC(C)CC(NC(=O)C(Cc1c[nH]c2ccccc12)NC(=O)C(N)CCC(N)=O)C(=O)NC(Cc1cnc[nH]1)C(=O)O. The van der Waals surface area contributed by atoms with Gasteiger partial charge in [0.25, 0.3) is 0 Å². The summed E-state index contributed by atoms with van der Waals surface area (Å²) >= 11 is 0. The van der Waals surface area contributed by atoms with E-state index < -0.39 is 53.8 Å². The van der Waals surface area contributed by atoms with Gasteiger partial charge in [-0.25, -0.2) is 9.78 Å². The van der Waals surface area contributed by atoms with Crippen molar-refractivity contribution in [2.45, 2.75) is 70.1 Å². The summed E-state index contributed by atoms with van der Waals surface area (Å²) < 4.78 is 0. The predicted octanol–water partition coefficient (Wildman–Crippen LogP) is -0.146. The number of fused-ring (bicyclic) bond motifs is 1. The molecule has 3 rings (SSSR count). The molecule has 226 valence electrons. The first-order valence-electron chi connectivity index (χ1n) is 13.6. The molecule has 14 nitrogen and oxygen atoms in total. The Hall–Kier alpha value is -4.72. The maximum absolute atomic E-state index is 13.6. The normalized spacial score (nSPS) is 14.1. The Labute approximate surface area is 242 Å². The fourth-order valence-electron chi connectivity index (χ4n) is 4.50. The van der Waals surface area contributed by atoms with Crippen LogP contribution in [0.4, 0.5) is 0 Å². The van der Waals surface area contributed by atoms with Crippen molar-refractivity contribution in [3.05, 3.63) is 54.2 Å². The summed E-state index contributed by atoms with van der Waals surface area (Å²) in [7, 11) is 0. The maximum Gasteiger partial charge on any atom is 0.326 e. The van der Waals surface area contributed by atoms with E-state index in [9.17, 15) is 29.1 Å². The number of nitrogens with one attached hydrogen (secondary N) is 5. The first-order chi connectivity index (χ1) is 19.9. The number of nitrogens with two attached hydrogens (primary N) is 2. The molecule has 0 bridgehead atoms. The van der Waals surface area contributed by atoms with E-state index >= 15 is 0 Å². The molecule has 1 aromatic carbocycles. The Morgan fingerprint density at radius 2 is 1.60 bits per heavy atom. The first kappa shape index (κ1) is 31.8. The fraction of sp³-hybridized carbons (Fsp3) is 0.429. The van der Waals surface area contributed by atoms with Gasteiger partial charge < -0.3 is 42.5 Å². The van der Waals surface area contributed by atoms with Crippen molar-refractivity contribution >= 4 is 40.5 Å². The number of nitrogens with zero attached hydrogens (tertiary/aromatic N) is 1. The van der Waals surface area contributed by atoms with Crippen molar-refractivity contribution in [2.75, 3.05) is 0 Å². The number of carbonyl (C=O) groups excluding carboxylic acids is 4. The summed E-state index contributed by atoms with van der Waals surface area (Å²) in [6.45, 7) is 3.71. The van der Waals surface area contributed by atoms with Gasteiger partial charge in [-0.3, -0.25) is 19.2 Å². The van der Waals surface area contributed by atoms with Gasteiger partial charge in [0, 0.05) is 48.3 Å². The van der Waals surface area contributed by atoms with Crippen LogP contribution in [0.2, 0.25) is 0 Å². The van der Waals surface area contributed by atoms with E-state index in [1.165, 1.54) is 12.5 Å². The van der Waals surface area contributed by atoms with E-state index in [0.717, 1.165) is 16.5 Å². The molecule has 14 heteroatoms. The average Bonchev–Trinajstić information content (AvgIpc) is 3.60. The quantitative estimate of drug-likeness (QED) is 0.113. The summed E-state index contributed by atoms with van der Waals surface area (Å²) in [5.74, 6) is -3.90. The number of carboxylic acids is 1. The highest BCUT2D eigenvalue weighted by molar-refractivity contribution is 5.95. The number of benzene rings is 1. The van der Waals surface area contributed by atoms with Crippen LogP contribution in [0.1, 0.15) is 44.4 Å². The zero-order chi connectivity index (χ0) is 30.8. The van der Waals surface area contributed by atoms with Crippen molar-refractivity contribution in [3.63, 3.8) is 0 Å². The van der Waals surface area contributed by atoms with Gasteiger partial charge in [0.15, 0.2) is 0 Å². The predicted molar refractivity (Wildman–Crippen MR) is 154 cm³/mol. The third-order valence-electron chi connectivity index (χ3n) is 6.70. The molecule has 0 aliphatic heterocycles. The summed E-state index contributed by atoms with van der Waals surface area (Å²) in [5.41, 5.74) is 13.2. The molecule has 0 saturated heterocycles. The van der Waals surface area contributed by atoms with Crippen LogP contribution in [0, 0.1) is 5.92 Å². The lowest BCUT2D eigenvalue weighted by atomic mass is 10.00. The molecule has 0 aliphatic rings. The van der Waals surface area contributed by atoms with Crippen LogP contribution < -0.4 is 27.4 Å². The van der Waals surface area contributed by atoms with Crippen molar-refractivity contribution in [3.8, 4) is 0 Å². The first-order valence-corrected chi connectivity index (χ1v) is 13.6. The number of aliphatic carboxylic acids is 1. The summed E-state index contributed by atoms with van der Waals surface area (Å²) in [4.78, 5) is 72.7. The highest BCUT2D eigenvalue weighted by Crippen LogP contribution is 2.19. The van der Waals surface area contributed by atoms with Crippen molar-refractivity contribution in [2.24, 2.45) is 17.4 Å². The molecule has 0 aliphatic carbocycles. The molecule has 42 heavy (non-hydrogen) atoms. The number of carbonyl (C=O) groups is 5. The minimum absolute atomic E-state index is 0.00607. The van der Waals surface area contributed by atoms with E-state index in [-0.39, 0.29) is 38.0 Å². The van der Waals surface area contributed by atoms with Crippen molar-refractivity contribution in [1.82, 2.24) is 30.9 Å². The number of carboxylic acid groups (broad SMARTS) is 1. The number of para-hydroxylation sites is 1. The number of rotatable bonds is 16. The van der Waals surface area contributed by atoms with Crippen LogP contribution in [-0.2, 0) is 36.8 Å². The standard InChI is InChI=1S/C28H38N8O6/c1-15(2)9-21(26(39)36-23(28(41)42)11-17-13-31-14-33-17)35-27(40)22(34-25(38)19(29)7-8-24(30)37)10-16-12-32-20-6-4-3-5-18(16)20/h3-6,12-15,19,21-23,32H,7-11,29H2,1-2H3,(H2,30,37)(H,31,33)(H,34,38)(H,35,40)(H,36,39)(H,41,42). The molecule has 0 fully saturated rings. The molecule has 0 radical (unpaired) electrons. The summed E-state index contributed by atoms with van der Waals surface area (Å²) in [5, 5.41) is 18.4. The minimum Gasteiger partial charge on any atom is -0.480 e. The molecule has 3 aromatic rings. The number of aromatic amines is 2. The van der Waals surface area contributed by atoms with Crippen LogP contribution in [0.3, 0.4) is 0 Å². The molecule has 4 unspecified atom stereocenters. The smallest absolute Gasteiger partial charge is 0.326 e. The highest BCUT2D eigenvalue weighted by atomic mass is 16.4. The fourth-order valence-corrected chi connectivity index (χ4v) is 4.50. The van der Waals surface area contributed by atoms with Crippen LogP contribution in [0.5, 0.6) is 0 Å². The van der Waals surface area contributed by atoms with Crippen LogP contribution in [-0.4, -0.2) is 73.8 Å².